The molecule has 0 spiro atoms. The molecule has 12 nitrogen and oxygen atoms in total. The Balaban J connectivity index is 1.75. The minimum absolute atomic E-state index is 0.00671. The molecule has 0 aliphatic heterocycles. The van der Waals surface area contributed by atoms with Crippen molar-refractivity contribution < 1.29 is 54.9 Å². The lowest BCUT2D eigenvalue weighted by Crippen LogP contribution is -2.19. The van der Waals surface area contributed by atoms with E-state index in [0.717, 1.165) is 18.2 Å². The third-order valence-electron chi connectivity index (χ3n) is 9.36. The normalized spacial score (nSPS) is 14.0. The van der Waals surface area contributed by atoms with Crippen LogP contribution in [0.1, 0.15) is 77.4 Å². The maximum atomic E-state index is 13.9. The molecule has 0 bridgehead atoms. The lowest BCUT2D eigenvalue weighted by molar-refractivity contribution is -0.112. The predicted octanol–water partition coefficient (Wildman–Crippen LogP) is 7.15. The van der Waals surface area contributed by atoms with Gasteiger partial charge < -0.3 is 45.3 Å². The van der Waals surface area contributed by atoms with Crippen LogP contribution in [0.15, 0.2) is 39.2 Å². The van der Waals surface area contributed by atoms with Crippen molar-refractivity contribution in [1.82, 2.24) is 0 Å². The minimum atomic E-state index is -1.18. The number of rotatable bonds is 5. The summed E-state index contributed by atoms with van der Waals surface area (Å²) >= 11 is 0. The molecule has 51 heavy (non-hydrogen) atoms. The molecule has 0 amide bonds. The first kappa shape index (κ1) is 34.4. The molecule has 0 atom stereocenters. The predicted molar refractivity (Wildman–Crippen MR) is 190 cm³/mol. The van der Waals surface area contributed by atoms with Gasteiger partial charge in [-0.1, -0.05) is 39.8 Å². The summed E-state index contributed by atoms with van der Waals surface area (Å²) in [4.78, 5) is 39.4. The number of Topliss-reactive ketones (excluding diaryl/α,β-unsaturated/α-hetero) is 1. The number of aliphatic hydroxyl groups excluding tert-OH is 1. The maximum absolute atomic E-state index is 13.9. The molecule has 4 aromatic carbocycles. The van der Waals surface area contributed by atoms with Gasteiger partial charge in [0.05, 0.1) is 5.56 Å². The van der Waals surface area contributed by atoms with Crippen LogP contribution < -0.4 is 5.63 Å². The van der Waals surface area contributed by atoms with Gasteiger partial charge in [-0.15, -0.1) is 0 Å². The largest absolute Gasteiger partial charge is 0.508 e. The van der Waals surface area contributed by atoms with Crippen LogP contribution in [0.5, 0.6) is 40.2 Å². The second-order valence-corrected chi connectivity index (χ2v) is 13.3. The molecule has 1 aliphatic carbocycles. The van der Waals surface area contributed by atoms with E-state index in [1.54, 1.807) is 53.7 Å². The van der Waals surface area contributed by atoms with Gasteiger partial charge in [0.25, 0.3) is 0 Å². The topological polar surface area (TPSA) is 226 Å². The molecule has 262 valence electrons. The number of fused-ring (bicyclic) bond motifs is 3. The number of hydrogen-bond acceptors (Lipinski definition) is 12. The van der Waals surface area contributed by atoms with E-state index >= 15 is 0 Å². The Labute approximate surface area is 289 Å². The third-order valence-corrected chi connectivity index (χ3v) is 9.36. The Morgan fingerprint density at radius 3 is 1.90 bits per heavy atom. The number of aromatic hydroxyl groups is 7. The number of phenolic OH excluding ortho intramolecular Hbond substituents is 6. The molecule has 0 saturated carbocycles. The zero-order chi connectivity index (χ0) is 37.5. The molecular weight excluding hydrogens is 660 g/mol. The Bertz CT molecular complexity index is 2530. The summed E-state index contributed by atoms with van der Waals surface area (Å²) in [5.41, 5.74) is -1.71. The fraction of sp³-hybridized carbons (Fsp3) is 0.205. The maximum Gasteiger partial charge on any atom is 0.347 e. The van der Waals surface area contributed by atoms with Crippen molar-refractivity contribution in [3.63, 3.8) is 0 Å². The minimum Gasteiger partial charge on any atom is -0.508 e. The molecule has 0 saturated heterocycles. The molecule has 0 fully saturated rings. The van der Waals surface area contributed by atoms with Crippen LogP contribution in [0.3, 0.4) is 0 Å². The van der Waals surface area contributed by atoms with Crippen LogP contribution in [0.4, 0.5) is 0 Å². The van der Waals surface area contributed by atoms with Crippen molar-refractivity contribution in [2.45, 2.75) is 47.5 Å². The van der Waals surface area contributed by atoms with Crippen molar-refractivity contribution in [2.24, 2.45) is 5.92 Å². The van der Waals surface area contributed by atoms with E-state index in [1.165, 1.54) is 0 Å². The highest BCUT2D eigenvalue weighted by Crippen LogP contribution is 2.54. The average Bonchev–Trinajstić information content (AvgIpc) is 3.02. The van der Waals surface area contributed by atoms with Crippen molar-refractivity contribution >= 4 is 51.0 Å². The summed E-state index contributed by atoms with van der Waals surface area (Å²) in [6.45, 7) is 10.2. The fourth-order valence-electron chi connectivity index (χ4n) is 7.18. The first-order valence-electron chi connectivity index (χ1n) is 15.9. The number of aliphatic hydroxyl groups is 1. The highest BCUT2D eigenvalue weighted by atomic mass is 16.4. The number of carbonyl (C=O) groups is 2. The number of allylic oxidation sites excluding steroid dienone is 2. The number of benzene rings is 4. The van der Waals surface area contributed by atoms with Gasteiger partial charge in [-0.2, -0.15) is 0 Å². The van der Waals surface area contributed by atoms with Crippen molar-refractivity contribution in [2.75, 3.05) is 0 Å². The van der Waals surface area contributed by atoms with Crippen LogP contribution >= 0.6 is 0 Å². The SMILES string of the molecule is Cc1cc2c(c(O)c1-c1c(C)cc3c(C(C)C)c(O)c(O)c(C=O)c3c1O)/C(=C/c1c(O)c3c(O)cc(O)cc3oc1=O)C(=O)C(O)=C2C(C)C. The van der Waals surface area contributed by atoms with Crippen molar-refractivity contribution in [3.05, 3.63) is 79.4 Å². The Hall–Kier alpha value is -6.43. The summed E-state index contributed by atoms with van der Waals surface area (Å²) < 4.78 is 5.24. The van der Waals surface area contributed by atoms with E-state index in [9.17, 15) is 55.2 Å². The van der Waals surface area contributed by atoms with E-state index in [4.69, 9.17) is 4.42 Å². The van der Waals surface area contributed by atoms with Crippen molar-refractivity contribution in [3.8, 4) is 51.4 Å². The van der Waals surface area contributed by atoms with Crippen LogP contribution in [0.25, 0.3) is 50.1 Å². The Morgan fingerprint density at radius 1 is 0.667 bits per heavy atom. The van der Waals surface area contributed by atoms with E-state index < -0.39 is 74.5 Å². The average molecular weight is 695 g/mol. The Morgan fingerprint density at radius 2 is 1.29 bits per heavy atom. The third kappa shape index (κ3) is 4.93. The molecule has 0 unspecified atom stereocenters. The van der Waals surface area contributed by atoms with Crippen LogP contribution in [0.2, 0.25) is 0 Å². The number of hydrogen-bond donors (Lipinski definition) is 8. The van der Waals surface area contributed by atoms with Gasteiger partial charge in [0.1, 0.15) is 45.3 Å². The standard InChI is InChI=1S/C39H34O12/c1-13(2)25-18-7-15(5)27(28-16(6)8-19-26(14(3)4)38(49)34(45)22(12-40)30(19)36(28)47)35(46)29(18)20(33(44)37(25)48)11-21-32(43)31-23(42)9-17(41)10-24(31)51-39(21)50/h7-14,41-43,45-49H,1-6H3/b20-11-. The quantitative estimate of drug-likeness (QED) is 0.0397. The first-order valence-corrected chi connectivity index (χ1v) is 15.9. The van der Waals surface area contributed by atoms with Crippen LogP contribution in [-0.4, -0.2) is 52.9 Å². The molecule has 1 heterocycles. The van der Waals surface area contributed by atoms with Gasteiger partial charge in [-0.05, 0) is 53.8 Å². The van der Waals surface area contributed by atoms with Crippen LogP contribution in [0, 0.1) is 19.8 Å². The molecule has 8 N–H and O–H groups in total. The van der Waals surface area contributed by atoms with Gasteiger partial charge in [0.2, 0.25) is 5.78 Å². The molecule has 1 aliphatic rings. The smallest absolute Gasteiger partial charge is 0.347 e. The summed E-state index contributed by atoms with van der Waals surface area (Å²) in [6, 6.07) is 5.08. The monoisotopic (exact) mass is 694 g/mol. The second-order valence-electron chi connectivity index (χ2n) is 13.3. The number of aryl methyl sites for hydroxylation is 2. The number of ketones is 1. The van der Waals surface area contributed by atoms with Gasteiger partial charge >= 0.3 is 5.63 Å². The number of aldehydes is 1. The molecular formula is C39H34O12. The lowest BCUT2D eigenvalue weighted by Gasteiger charge is -2.28. The second kappa shape index (κ2) is 11.9. The molecule has 6 rings (SSSR count). The lowest BCUT2D eigenvalue weighted by atomic mass is 9.76. The zero-order valence-electron chi connectivity index (χ0n) is 28.3. The summed E-state index contributed by atoms with van der Waals surface area (Å²) in [5, 5.41) is 88.2. The molecule has 12 heteroatoms. The van der Waals surface area contributed by atoms with E-state index in [2.05, 4.69) is 0 Å². The van der Waals surface area contributed by atoms with Gasteiger partial charge in [-0.3, -0.25) is 9.59 Å². The number of phenols is 6. The summed E-state index contributed by atoms with van der Waals surface area (Å²) in [5.74, 6) is -6.71. The molecule has 0 radical (unpaired) electrons. The highest BCUT2D eigenvalue weighted by Gasteiger charge is 2.37. The first-order chi connectivity index (χ1) is 23.9. The van der Waals surface area contributed by atoms with Crippen molar-refractivity contribution in [1.29, 1.82) is 0 Å². The van der Waals surface area contributed by atoms with Gasteiger partial charge in [-0.25, -0.2) is 4.79 Å². The van der Waals surface area contributed by atoms with E-state index in [-0.39, 0.29) is 66.6 Å². The fourth-order valence-corrected chi connectivity index (χ4v) is 7.18. The molecule has 5 aromatic rings. The molecule has 1 aromatic heterocycles. The van der Waals surface area contributed by atoms with E-state index in [1.807, 2.05) is 0 Å². The number of carbonyl (C=O) groups excluding carboxylic acids is 2. The van der Waals surface area contributed by atoms with Crippen LogP contribution in [-0.2, 0) is 4.79 Å². The van der Waals surface area contributed by atoms with Gasteiger partial charge in [0, 0.05) is 50.9 Å². The Kier molecular flexibility index (Phi) is 8.01. The summed E-state index contributed by atoms with van der Waals surface area (Å²) in [7, 11) is 0. The highest BCUT2D eigenvalue weighted by molar-refractivity contribution is 6.37. The zero-order valence-corrected chi connectivity index (χ0v) is 28.3. The van der Waals surface area contributed by atoms with Gasteiger partial charge in [0.15, 0.2) is 23.5 Å². The summed E-state index contributed by atoms with van der Waals surface area (Å²) in [6.07, 6.45) is 1.20. The van der Waals surface area contributed by atoms with E-state index in [0.29, 0.717) is 17.4 Å².